The van der Waals surface area contributed by atoms with Crippen LogP contribution in [0.4, 0.5) is 4.39 Å². The molecular formula is C19H17ClFN3O3. The second kappa shape index (κ2) is 7.25. The highest BCUT2D eigenvalue weighted by atomic mass is 35.5. The van der Waals surface area contributed by atoms with E-state index in [0.29, 0.717) is 6.54 Å². The van der Waals surface area contributed by atoms with Crippen molar-refractivity contribution < 1.29 is 18.4 Å². The molecule has 8 heteroatoms. The Morgan fingerprint density at radius 2 is 2.04 bits per heavy atom. The fourth-order valence-electron chi connectivity index (χ4n) is 3.32. The molecule has 1 fully saturated rings. The fourth-order valence-corrected chi connectivity index (χ4v) is 3.57. The van der Waals surface area contributed by atoms with Crippen LogP contribution in [0.2, 0.25) is 5.02 Å². The van der Waals surface area contributed by atoms with E-state index in [4.69, 9.17) is 16.0 Å². The van der Waals surface area contributed by atoms with Crippen molar-refractivity contribution in [3.63, 3.8) is 0 Å². The number of likely N-dealkylation sites (tertiary alicyclic amines) is 1. The average Bonchev–Trinajstić information content (AvgIpc) is 3.29. The van der Waals surface area contributed by atoms with E-state index in [1.54, 1.807) is 0 Å². The van der Waals surface area contributed by atoms with Gasteiger partial charge in [0.2, 0.25) is 23.2 Å². The lowest BCUT2D eigenvalue weighted by atomic mass is 10.0. The van der Waals surface area contributed by atoms with Crippen LogP contribution in [0.1, 0.15) is 33.9 Å². The zero-order valence-electron chi connectivity index (χ0n) is 14.4. The molecule has 1 saturated heterocycles. The van der Waals surface area contributed by atoms with E-state index < -0.39 is 17.4 Å². The highest BCUT2D eigenvalue weighted by molar-refractivity contribution is 6.33. The molecule has 1 aliphatic heterocycles. The van der Waals surface area contributed by atoms with Gasteiger partial charge in [-0.25, -0.2) is 9.37 Å². The molecule has 0 atom stereocenters. The molecule has 2 heterocycles. The number of nitrogens with one attached hydrogen (secondary N) is 1. The summed E-state index contributed by atoms with van der Waals surface area (Å²) in [6, 6.07) is 4.14. The molecule has 1 aromatic heterocycles. The monoisotopic (exact) mass is 389 g/mol. The number of carbonyl (C=O) groups is 2. The number of ketones is 2. The van der Waals surface area contributed by atoms with Crippen LogP contribution < -0.4 is 5.32 Å². The number of rotatable bonds is 5. The van der Waals surface area contributed by atoms with Crippen molar-refractivity contribution in [1.29, 1.82) is 0 Å². The fraction of sp³-hybridized carbons (Fsp3) is 0.316. The number of aromatic nitrogens is 1. The lowest BCUT2D eigenvalue weighted by molar-refractivity contribution is 0.0956. The van der Waals surface area contributed by atoms with Gasteiger partial charge in [-0.05, 0) is 38.1 Å². The minimum atomic E-state index is -0.641. The number of hydrogen-bond acceptors (Lipinski definition) is 6. The average molecular weight is 390 g/mol. The third-order valence-corrected chi connectivity index (χ3v) is 5.02. The Balaban J connectivity index is 1.55. The van der Waals surface area contributed by atoms with E-state index in [-0.39, 0.29) is 33.6 Å². The minimum Gasteiger partial charge on any atom is -0.432 e. The molecule has 2 aliphatic rings. The standard InChI is InChI=1S/C19H17ClFN3O3/c20-11-4-3-5-12(21)15(11)19-23-16-14(25)10-13(17(26)18(16)27-19)22-6-9-24-7-1-2-8-24/h3-5,10,22H,1-2,6-9H2. The normalized spacial score (nSPS) is 17.2. The first-order valence-electron chi connectivity index (χ1n) is 8.77. The van der Waals surface area contributed by atoms with Gasteiger partial charge >= 0.3 is 0 Å². The number of benzene rings is 1. The van der Waals surface area contributed by atoms with E-state index in [9.17, 15) is 14.0 Å². The summed E-state index contributed by atoms with van der Waals surface area (Å²) in [5.74, 6) is -1.96. The Morgan fingerprint density at radius 3 is 2.78 bits per heavy atom. The van der Waals surface area contributed by atoms with Gasteiger partial charge in [0.15, 0.2) is 5.69 Å². The second-order valence-electron chi connectivity index (χ2n) is 6.52. The maximum absolute atomic E-state index is 14.1. The Hall–Kier alpha value is -2.51. The molecular weight excluding hydrogens is 373 g/mol. The van der Waals surface area contributed by atoms with E-state index >= 15 is 0 Å². The summed E-state index contributed by atoms with van der Waals surface area (Å²) in [4.78, 5) is 31.3. The number of hydrogen-bond donors (Lipinski definition) is 1. The largest absolute Gasteiger partial charge is 0.432 e. The molecule has 1 aliphatic carbocycles. The van der Waals surface area contributed by atoms with Crippen molar-refractivity contribution in [3.8, 4) is 11.5 Å². The number of nitrogens with zero attached hydrogens (tertiary/aromatic N) is 2. The number of oxazole rings is 1. The van der Waals surface area contributed by atoms with Crippen molar-refractivity contribution in [1.82, 2.24) is 15.2 Å². The highest BCUT2D eigenvalue weighted by Crippen LogP contribution is 2.33. The van der Waals surface area contributed by atoms with Crippen LogP contribution in [0.3, 0.4) is 0 Å². The van der Waals surface area contributed by atoms with Gasteiger partial charge in [-0.3, -0.25) is 9.59 Å². The van der Waals surface area contributed by atoms with Gasteiger partial charge in [-0.15, -0.1) is 0 Å². The van der Waals surface area contributed by atoms with Crippen LogP contribution >= 0.6 is 11.6 Å². The number of fused-ring (bicyclic) bond motifs is 1. The molecule has 140 valence electrons. The van der Waals surface area contributed by atoms with E-state index in [1.165, 1.54) is 37.1 Å². The zero-order valence-corrected chi connectivity index (χ0v) is 15.2. The first-order chi connectivity index (χ1) is 13.0. The number of carbonyl (C=O) groups excluding carboxylic acids is 2. The van der Waals surface area contributed by atoms with Crippen molar-refractivity contribution in [3.05, 3.63) is 52.3 Å². The van der Waals surface area contributed by atoms with E-state index in [0.717, 1.165) is 19.6 Å². The summed E-state index contributed by atoms with van der Waals surface area (Å²) >= 11 is 6.02. The maximum atomic E-state index is 14.1. The Morgan fingerprint density at radius 1 is 1.26 bits per heavy atom. The summed E-state index contributed by atoms with van der Waals surface area (Å²) in [6.07, 6.45) is 3.58. The molecule has 6 nitrogen and oxygen atoms in total. The molecule has 1 N–H and O–H groups in total. The summed E-state index contributed by atoms with van der Waals surface area (Å²) in [7, 11) is 0. The van der Waals surface area contributed by atoms with Gasteiger partial charge in [-0.2, -0.15) is 0 Å². The number of allylic oxidation sites excluding steroid dienone is 2. The molecule has 0 radical (unpaired) electrons. The number of halogens is 2. The van der Waals surface area contributed by atoms with Crippen molar-refractivity contribution in [2.24, 2.45) is 0 Å². The lowest BCUT2D eigenvalue weighted by Crippen LogP contribution is -2.33. The molecule has 0 bridgehead atoms. The molecule has 0 spiro atoms. The van der Waals surface area contributed by atoms with Crippen molar-refractivity contribution >= 4 is 23.2 Å². The summed E-state index contributed by atoms with van der Waals surface area (Å²) in [5, 5.41) is 3.09. The predicted molar refractivity (Wildman–Crippen MR) is 97.3 cm³/mol. The van der Waals surface area contributed by atoms with Gasteiger partial charge < -0.3 is 14.6 Å². The van der Waals surface area contributed by atoms with Crippen LogP contribution in [-0.4, -0.2) is 47.6 Å². The number of Topliss-reactive ketones (excluding diaryl/α,β-unsaturated/α-hetero) is 1. The molecule has 27 heavy (non-hydrogen) atoms. The van der Waals surface area contributed by atoms with Gasteiger partial charge in [0.1, 0.15) is 5.82 Å². The summed E-state index contributed by atoms with van der Waals surface area (Å²) in [6.45, 7) is 3.43. The molecule has 4 rings (SSSR count). The zero-order chi connectivity index (χ0) is 19.0. The van der Waals surface area contributed by atoms with Gasteiger partial charge in [0, 0.05) is 19.2 Å². The molecule has 0 amide bonds. The molecule has 0 unspecified atom stereocenters. The third kappa shape index (κ3) is 3.40. The van der Waals surface area contributed by atoms with E-state index in [2.05, 4.69) is 15.2 Å². The minimum absolute atomic E-state index is 0.0716. The molecule has 1 aromatic carbocycles. The Labute approximate surface area is 160 Å². The summed E-state index contributed by atoms with van der Waals surface area (Å²) < 4.78 is 19.6. The van der Waals surface area contributed by atoms with E-state index in [1.807, 2.05) is 0 Å². The summed E-state index contributed by atoms with van der Waals surface area (Å²) in [5.41, 5.74) is -0.0360. The van der Waals surface area contributed by atoms with Crippen LogP contribution in [0, 0.1) is 5.82 Å². The van der Waals surface area contributed by atoms with Crippen molar-refractivity contribution in [2.75, 3.05) is 26.2 Å². The first kappa shape index (κ1) is 17.9. The van der Waals surface area contributed by atoms with Gasteiger partial charge in [0.25, 0.3) is 0 Å². The van der Waals surface area contributed by atoms with Crippen LogP contribution in [0.25, 0.3) is 11.5 Å². The van der Waals surface area contributed by atoms with Gasteiger partial charge in [0.05, 0.1) is 16.3 Å². The van der Waals surface area contributed by atoms with Crippen LogP contribution in [-0.2, 0) is 0 Å². The van der Waals surface area contributed by atoms with Crippen LogP contribution in [0.5, 0.6) is 0 Å². The van der Waals surface area contributed by atoms with Gasteiger partial charge in [-0.1, -0.05) is 17.7 Å². The first-order valence-corrected chi connectivity index (χ1v) is 9.14. The van der Waals surface area contributed by atoms with Crippen molar-refractivity contribution in [2.45, 2.75) is 12.8 Å². The smallest absolute Gasteiger partial charge is 0.246 e. The Bertz CT molecular complexity index is 927. The Kier molecular flexibility index (Phi) is 4.80. The third-order valence-electron chi connectivity index (χ3n) is 4.71. The molecule has 2 aromatic rings. The second-order valence-corrected chi connectivity index (χ2v) is 6.93. The SMILES string of the molecule is O=C1C=C(NCCN2CCCC2)C(=O)c2oc(-c3c(F)cccc3Cl)nc21. The highest BCUT2D eigenvalue weighted by Gasteiger charge is 2.33. The maximum Gasteiger partial charge on any atom is 0.246 e. The topological polar surface area (TPSA) is 75.4 Å². The predicted octanol–water partition coefficient (Wildman–Crippen LogP) is 3.08. The lowest BCUT2D eigenvalue weighted by Gasteiger charge is -2.17. The van der Waals surface area contributed by atoms with Crippen LogP contribution in [0.15, 0.2) is 34.4 Å². The molecule has 0 saturated carbocycles. The quantitative estimate of drug-likeness (QED) is 0.847.